The molecule has 0 saturated carbocycles. The van der Waals surface area contributed by atoms with Gasteiger partial charge in [0.05, 0.1) is 6.61 Å². The van der Waals surface area contributed by atoms with Crippen molar-refractivity contribution in [3.63, 3.8) is 0 Å². The predicted molar refractivity (Wildman–Crippen MR) is 70.7 cm³/mol. The number of aliphatic hydroxyl groups excluding tert-OH is 1. The third kappa shape index (κ3) is 4.93. The number of halogens is 3. The van der Waals surface area contributed by atoms with Crippen molar-refractivity contribution in [1.29, 1.82) is 0 Å². The van der Waals surface area contributed by atoms with E-state index in [1.165, 1.54) is 12.1 Å². The summed E-state index contributed by atoms with van der Waals surface area (Å²) in [4.78, 5) is 0. The molecule has 0 aromatic heterocycles. The molecule has 0 aliphatic rings. The highest BCUT2D eigenvalue weighted by Gasteiger charge is 2.21. The van der Waals surface area contributed by atoms with Gasteiger partial charge in [-0.1, -0.05) is 18.5 Å². The number of hydrogen-bond acceptors (Lipinski definition) is 3. The smallest absolute Gasteiger partial charge is 0.387 e. The zero-order valence-electron chi connectivity index (χ0n) is 10.9. The Balaban J connectivity index is 2.83. The van der Waals surface area contributed by atoms with E-state index >= 15 is 0 Å². The Hall–Kier alpha value is -0.910. The van der Waals surface area contributed by atoms with Crippen molar-refractivity contribution in [3.8, 4) is 5.75 Å². The van der Waals surface area contributed by atoms with Crippen LogP contribution in [0.4, 0.5) is 8.78 Å². The van der Waals surface area contributed by atoms with Crippen LogP contribution in [0.2, 0.25) is 5.02 Å². The highest BCUT2D eigenvalue weighted by Crippen LogP contribution is 2.25. The fourth-order valence-corrected chi connectivity index (χ4v) is 1.69. The number of aliphatic hydroxyl groups is 1. The van der Waals surface area contributed by atoms with Gasteiger partial charge in [0, 0.05) is 22.7 Å². The molecule has 0 heterocycles. The van der Waals surface area contributed by atoms with Crippen LogP contribution in [0, 0.1) is 0 Å². The normalized spacial score (nSPS) is 14.5. The topological polar surface area (TPSA) is 41.5 Å². The van der Waals surface area contributed by atoms with Gasteiger partial charge < -0.3 is 15.2 Å². The van der Waals surface area contributed by atoms with Gasteiger partial charge in [0.25, 0.3) is 0 Å². The van der Waals surface area contributed by atoms with E-state index < -0.39 is 12.2 Å². The molecule has 1 unspecified atom stereocenters. The Kier molecular flexibility index (Phi) is 5.97. The summed E-state index contributed by atoms with van der Waals surface area (Å²) >= 11 is 5.85. The van der Waals surface area contributed by atoms with Gasteiger partial charge >= 0.3 is 6.61 Å². The number of rotatable bonds is 7. The average molecular weight is 294 g/mol. The first-order valence-electron chi connectivity index (χ1n) is 5.99. The number of hydrogen-bond donors (Lipinski definition) is 2. The number of nitrogens with one attached hydrogen (secondary N) is 1. The summed E-state index contributed by atoms with van der Waals surface area (Å²) in [7, 11) is 0. The lowest BCUT2D eigenvalue weighted by atomic mass is 10.00. The summed E-state index contributed by atoms with van der Waals surface area (Å²) in [6.45, 7) is 1.14. The van der Waals surface area contributed by atoms with Crippen molar-refractivity contribution < 1.29 is 18.6 Å². The fraction of sp³-hybridized carbons (Fsp3) is 0.538. The monoisotopic (exact) mass is 293 g/mol. The first kappa shape index (κ1) is 16.1. The summed E-state index contributed by atoms with van der Waals surface area (Å²) in [6.07, 6.45) is 0.703. The Labute approximate surface area is 116 Å². The summed E-state index contributed by atoms with van der Waals surface area (Å²) in [5.41, 5.74) is 0.0608. The molecular formula is C13H18ClF2NO2. The van der Waals surface area contributed by atoms with E-state index in [0.717, 1.165) is 0 Å². The predicted octanol–water partition coefficient (Wildman–Crippen LogP) is 3.19. The van der Waals surface area contributed by atoms with Gasteiger partial charge in [-0.05, 0) is 31.5 Å². The van der Waals surface area contributed by atoms with Gasteiger partial charge in [0.15, 0.2) is 0 Å². The van der Waals surface area contributed by atoms with E-state index in [4.69, 9.17) is 11.6 Å². The first-order valence-corrected chi connectivity index (χ1v) is 6.37. The molecule has 1 aromatic rings. The Bertz CT molecular complexity index is 412. The minimum Gasteiger partial charge on any atom is -0.434 e. The van der Waals surface area contributed by atoms with Gasteiger partial charge in [-0.2, -0.15) is 8.78 Å². The van der Waals surface area contributed by atoms with Crippen molar-refractivity contribution in [3.05, 3.63) is 28.8 Å². The maximum Gasteiger partial charge on any atom is 0.387 e. The lowest BCUT2D eigenvalue weighted by Gasteiger charge is -2.27. The Morgan fingerprint density at radius 3 is 2.68 bits per heavy atom. The van der Waals surface area contributed by atoms with Crippen LogP contribution in [0.1, 0.15) is 25.8 Å². The number of alkyl halides is 2. The minimum atomic E-state index is -2.88. The van der Waals surface area contributed by atoms with E-state index in [9.17, 15) is 13.9 Å². The van der Waals surface area contributed by atoms with Crippen molar-refractivity contribution in [1.82, 2.24) is 5.32 Å². The van der Waals surface area contributed by atoms with Crippen molar-refractivity contribution in [2.45, 2.75) is 39.0 Å². The van der Waals surface area contributed by atoms with Crippen LogP contribution in [0.25, 0.3) is 0 Å². The molecule has 2 N–H and O–H groups in total. The lowest BCUT2D eigenvalue weighted by molar-refractivity contribution is -0.0505. The molecular weight excluding hydrogens is 276 g/mol. The van der Waals surface area contributed by atoms with Crippen molar-refractivity contribution in [2.75, 3.05) is 6.61 Å². The molecule has 0 saturated heterocycles. The Morgan fingerprint density at radius 2 is 2.16 bits per heavy atom. The molecule has 6 heteroatoms. The van der Waals surface area contributed by atoms with Crippen LogP contribution in [-0.2, 0) is 6.54 Å². The average Bonchev–Trinajstić information content (AvgIpc) is 2.38. The molecule has 0 spiro atoms. The standard InChI is InChI=1S/C13H18ClF2NO2/c1-3-13(2,8-18)17-7-9-6-10(14)4-5-11(9)19-12(15)16/h4-6,12,17-18H,3,7-8H2,1-2H3. The second kappa shape index (κ2) is 7.03. The van der Waals surface area contributed by atoms with Crippen LogP contribution in [-0.4, -0.2) is 23.9 Å². The highest BCUT2D eigenvalue weighted by atomic mass is 35.5. The maximum absolute atomic E-state index is 12.3. The van der Waals surface area contributed by atoms with Crippen molar-refractivity contribution in [2.24, 2.45) is 0 Å². The summed E-state index contributed by atoms with van der Waals surface area (Å²) in [5, 5.41) is 12.9. The van der Waals surface area contributed by atoms with Crippen LogP contribution >= 0.6 is 11.6 Å². The molecule has 108 valence electrons. The fourth-order valence-electron chi connectivity index (χ4n) is 1.50. The van der Waals surface area contributed by atoms with Gasteiger partial charge in [-0.25, -0.2) is 0 Å². The maximum atomic E-state index is 12.3. The van der Waals surface area contributed by atoms with Crippen molar-refractivity contribution >= 4 is 11.6 Å². The van der Waals surface area contributed by atoms with Crippen LogP contribution < -0.4 is 10.1 Å². The second-order valence-corrected chi connectivity index (χ2v) is 4.99. The zero-order valence-corrected chi connectivity index (χ0v) is 11.7. The highest BCUT2D eigenvalue weighted by molar-refractivity contribution is 6.30. The SMILES string of the molecule is CCC(C)(CO)NCc1cc(Cl)ccc1OC(F)F. The van der Waals surface area contributed by atoms with Crippen LogP contribution in [0.15, 0.2) is 18.2 Å². The van der Waals surface area contributed by atoms with E-state index in [0.29, 0.717) is 17.0 Å². The zero-order chi connectivity index (χ0) is 14.5. The minimum absolute atomic E-state index is 0.0465. The molecule has 0 aliphatic carbocycles. The van der Waals surface area contributed by atoms with E-state index in [2.05, 4.69) is 10.1 Å². The van der Waals surface area contributed by atoms with E-state index in [-0.39, 0.29) is 18.9 Å². The number of benzene rings is 1. The van der Waals surface area contributed by atoms with Gasteiger partial charge in [-0.3, -0.25) is 0 Å². The molecule has 0 radical (unpaired) electrons. The quantitative estimate of drug-likeness (QED) is 0.811. The molecule has 0 fully saturated rings. The van der Waals surface area contributed by atoms with E-state index in [1.807, 2.05) is 13.8 Å². The van der Waals surface area contributed by atoms with Crippen LogP contribution in [0.3, 0.4) is 0 Å². The van der Waals surface area contributed by atoms with Gasteiger partial charge in [0.2, 0.25) is 0 Å². The molecule has 1 aromatic carbocycles. The second-order valence-electron chi connectivity index (χ2n) is 4.56. The van der Waals surface area contributed by atoms with Gasteiger partial charge in [-0.15, -0.1) is 0 Å². The Morgan fingerprint density at radius 1 is 1.47 bits per heavy atom. The number of ether oxygens (including phenoxy) is 1. The molecule has 0 bridgehead atoms. The molecule has 0 aliphatic heterocycles. The molecule has 1 atom stereocenters. The first-order chi connectivity index (χ1) is 8.90. The molecule has 3 nitrogen and oxygen atoms in total. The van der Waals surface area contributed by atoms with E-state index in [1.54, 1.807) is 6.07 Å². The van der Waals surface area contributed by atoms with Crippen LogP contribution in [0.5, 0.6) is 5.75 Å². The summed E-state index contributed by atoms with van der Waals surface area (Å²) in [6, 6.07) is 4.47. The lowest BCUT2D eigenvalue weighted by Crippen LogP contribution is -2.44. The summed E-state index contributed by atoms with van der Waals surface area (Å²) < 4.78 is 29.0. The molecule has 0 amide bonds. The summed E-state index contributed by atoms with van der Waals surface area (Å²) in [5.74, 6) is 0.0864. The third-order valence-corrected chi connectivity index (χ3v) is 3.31. The largest absolute Gasteiger partial charge is 0.434 e. The third-order valence-electron chi connectivity index (χ3n) is 3.07. The molecule has 1 rings (SSSR count). The molecule has 19 heavy (non-hydrogen) atoms. The van der Waals surface area contributed by atoms with Gasteiger partial charge in [0.1, 0.15) is 5.75 Å².